The summed E-state index contributed by atoms with van der Waals surface area (Å²) >= 11 is 3.84. The Morgan fingerprint density at radius 3 is 1.45 bits per heavy atom. The summed E-state index contributed by atoms with van der Waals surface area (Å²) in [5.74, 6) is -9.96. The van der Waals surface area contributed by atoms with Gasteiger partial charge in [-0.1, -0.05) is 0 Å². The van der Waals surface area contributed by atoms with Crippen molar-refractivity contribution >= 4 is 54.2 Å². The van der Waals surface area contributed by atoms with Crippen LogP contribution in [0.2, 0.25) is 0 Å². The van der Waals surface area contributed by atoms with Gasteiger partial charge in [-0.3, -0.25) is 28.8 Å². The van der Waals surface area contributed by atoms with E-state index in [-0.39, 0.29) is 5.75 Å². The largest absolute Gasteiger partial charge is 0.481 e. The molecule has 16 heteroatoms. The topological polar surface area (TPSA) is 263 Å². The Balaban J connectivity index is 5.32. The minimum absolute atomic E-state index is 0.352. The fourth-order valence-corrected chi connectivity index (χ4v) is 2.31. The molecule has 0 fully saturated rings. The first-order valence-corrected chi connectivity index (χ1v) is 9.07. The van der Waals surface area contributed by atoms with E-state index in [0.717, 1.165) is 0 Å². The molecule has 0 bridgehead atoms. The maximum Gasteiger partial charge on any atom is 0.326 e. The maximum atomic E-state index is 12.3. The average molecular weight is 466 g/mol. The molecule has 0 aromatic heterocycles. The molecule has 0 aliphatic carbocycles. The summed E-state index contributed by atoms with van der Waals surface area (Å²) in [7, 11) is 0. The van der Waals surface area contributed by atoms with E-state index in [2.05, 4.69) is 17.9 Å². The van der Waals surface area contributed by atoms with E-state index in [9.17, 15) is 33.6 Å². The molecule has 4 atom stereocenters. The van der Waals surface area contributed by atoms with Gasteiger partial charge in [0.05, 0.1) is 25.3 Å². The van der Waals surface area contributed by atoms with Crippen molar-refractivity contribution in [2.24, 2.45) is 5.73 Å². The van der Waals surface area contributed by atoms with Crippen LogP contribution in [0.25, 0.3) is 0 Å². The summed E-state index contributed by atoms with van der Waals surface area (Å²) in [5.41, 5.74) is 5.36. The van der Waals surface area contributed by atoms with Crippen molar-refractivity contribution in [3.63, 3.8) is 0 Å². The second-order valence-electron chi connectivity index (χ2n) is 6.10. The van der Waals surface area contributed by atoms with Crippen molar-refractivity contribution in [3.8, 4) is 0 Å². The summed E-state index contributed by atoms with van der Waals surface area (Å²) in [5, 5.41) is 41.1. The number of amides is 3. The molecule has 9 N–H and O–H groups in total. The van der Waals surface area contributed by atoms with E-state index >= 15 is 0 Å². The second kappa shape index (κ2) is 13.0. The standard InChI is InChI=1S/C15H22N4O11S/c16-5(1-9(20)21)12(26)19-8(4-31)14(28)17-6(2-10(22)23)13(27)18-7(15(29)30)3-11(24)25/h5-8,31H,1-4,16H2,(H,17,28)(H,18,27)(H,19,26)(H,20,21)(H,22,23)(H,24,25)(H,29,30)/t5-,6-,7-,8-/m0/s1. The number of nitrogens with two attached hydrogens (primary N) is 1. The third-order valence-corrected chi connectivity index (χ3v) is 3.92. The molecule has 0 heterocycles. The summed E-state index contributed by atoms with van der Waals surface area (Å²) in [4.78, 5) is 79.8. The van der Waals surface area contributed by atoms with Crippen LogP contribution in [0.15, 0.2) is 0 Å². The van der Waals surface area contributed by atoms with E-state index in [1.165, 1.54) is 0 Å². The van der Waals surface area contributed by atoms with Crippen LogP contribution in [0.4, 0.5) is 0 Å². The smallest absolute Gasteiger partial charge is 0.326 e. The number of aliphatic carboxylic acids is 4. The number of carbonyl (C=O) groups is 7. The van der Waals surface area contributed by atoms with Crippen molar-refractivity contribution in [1.29, 1.82) is 0 Å². The van der Waals surface area contributed by atoms with Crippen LogP contribution in [-0.2, 0) is 33.6 Å². The van der Waals surface area contributed by atoms with Gasteiger partial charge in [-0.15, -0.1) is 0 Å². The Morgan fingerprint density at radius 1 is 0.645 bits per heavy atom. The molecule has 0 radical (unpaired) electrons. The monoisotopic (exact) mass is 466 g/mol. The van der Waals surface area contributed by atoms with E-state index in [0.29, 0.717) is 0 Å². The Kier molecular flexibility index (Phi) is 11.6. The highest BCUT2D eigenvalue weighted by Gasteiger charge is 2.32. The van der Waals surface area contributed by atoms with Gasteiger partial charge in [0.15, 0.2) is 0 Å². The molecule has 0 aliphatic rings. The van der Waals surface area contributed by atoms with Gasteiger partial charge in [-0.05, 0) is 0 Å². The molecule has 0 saturated carbocycles. The predicted molar refractivity (Wildman–Crippen MR) is 102 cm³/mol. The number of carboxylic acids is 4. The molecular weight excluding hydrogens is 444 g/mol. The lowest BCUT2D eigenvalue weighted by molar-refractivity contribution is -0.148. The molecular formula is C15H22N4O11S. The van der Waals surface area contributed by atoms with E-state index in [1.54, 1.807) is 0 Å². The van der Waals surface area contributed by atoms with Crippen molar-refractivity contribution < 1.29 is 54.0 Å². The van der Waals surface area contributed by atoms with Crippen molar-refractivity contribution in [3.05, 3.63) is 0 Å². The molecule has 0 aliphatic heterocycles. The summed E-state index contributed by atoms with van der Waals surface area (Å²) in [6, 6.07) is -6.67. The lowest BCUT2D eigenvalue weighted by atomic mass is 10.1. The van der Waals surface area contributed by atoms with Crippen LogP contribution >= 0.6 is 12.6 Å². The Bertz CT molecular complexity index is 744. The number of carbonyl (C=O) groups excluding carboxylic acids is 3. The van der Waals surface area contributed by atoms with Gasteiger partial charge in [0.2, 0.25) is 17.7 Å². The van der Waals surface area contributed by atoms with Gasteiger partial charge >= 0.3 is 23.9 Å². The van der Waals surface area contributed by atoms with Gasteiger partial charge in [-0.25, -0.2) is 4.79 Å². The molecule has 0 unspecified atom stereocenters. The normalized spacial score (nSPS) is 14.3. The van der Waals surface area contributed by atoms with E-state index in [1.807, 2.05) is 10.6 Å². The molecule has 0 aromatic rings. The highest BCUT2D eigenvalue weighted by molar-refractivity contribution is 7.80. The number of nitrogens with one attached hydrogen (secondary N) is 3. The van der Waals surface area contributed by atoms with E-state index < -0.39 is 85.0 Å². The first kappa shape index (κ1) is 27.6. The number of carboxylic acid groups (broad SMARTS) is 4. The van der Waals surface area contributed by atoms with Crippen LogP contribution in [0.1, 0.15) is 19.3 Å². The van der Waals surface area contributed by atoms with Crippen LogP contribution in [0.5, 0.6) is 0 Å². The number of hydrogen-bond acceptors (Lipinski definition) is 9. The molecule has 15 nitrogen and oxygen atoms in total. The third kappa shape index (κ3) is 10.8. The van der Waals surface area contributed by atoms with Gasteiger partial charge in [-0.2, -0.15) is 12.6 Å². The molecule has 0 saturated heterocycles. The summed E-state index contributed by atoms with van der Waals surface area (Å²) in [6.45, 7) is 0. The van der Waals surface area contributed by atoms with Crippen molar-refractivity contribution in [2.45, 2.75) is 43.4 Å². The van der Waals surface area contributed by atoms with Crippen LogP contribution < -0.4 is 21.7 Å². The zero-order valence-corrected chi connectivity index (χ0v) is 16.7. The minimum atomic E-state index is -1.90. The zero-order valence-electron chi connectivity index (χ0n) is 15.8. The lowest BCUT2D eigenvalue weighted by Gasteiger charge is -2.23. The molecule has 0 aromatic carbocycles. The predicted octanol–water partition coefficient (Wildman–Crippen LogP) is -3.79. The number of hydrogen-bond donors (Lipinski definition) is 9. The van der Waals surface area contributed by atoms with E-state index in [4.69, 9.17) is 26.2 Å². The summed E-state index contributed by atoms with van der Waals surface area (Å²) in [6.07, 6.45) is -2.74. The fraction of sp³-hybridized carbons (Fsp3) is 0.533. The fourth-order valence-electron chi connectivity index (χ4n) is 2.06. The first-order chi connectivity index (χ1) is 14.3. The van der Waals surface area contributed by atoms with Crippen molar-refractivity contribution in [1.82, 2.24) is 16.0 Å². The SMILES string of the molecule is N[C@@H](CC(=O)O)C(=O)N[C@@H](CS)C(=O)N[C@@H](CC(=O)O)C(=O)N[C@@H](CC(=O)O)C(=O)O. The van der Waals surface area contributed by atoms with Crippen LogP contribution in [-0.4, -0.2) is 91.9 Å². The van der Waals surface area contributed by atoms with Crippen LogP contribution in [0, 0.1) is 0 Å². The van der Waals surface area contributed by atoms with Crippen LogP contribution in [0.3, 0.4) is 0 Å². The number of thiol groups is 1. The quantitative estimate of drug-likeness (QED) is 0.112. The maximum absolute atomic E-state index is 12.3. The molecule has 31 heavy (non-hydrogen) atoms. The Morgan fingerprint density at radius 2 is 1.03 bits per heavy atom. The Labute approximate surface area is 179 Å². The van der Waals surface area contributed by atoms with Gasteiger partial charge in [0, 0.05) is 5.75 Å². The minimum Gasteiger partial charge on any atom is -0.481 e. The summed E-state index contributed by atoms with van der Waals surface area (Å²) < 4.78 is 0. The molecule has 174 valence electrons. The molecule has 0 rings (SSSR count). The van der Waals surface area contributed by atoms with Gasteiger partial charge in [0.1, 0.15) is 18.1 Å². The highest BCUT2D eigenvalue weighted by atomic mass is 32.1. The highest BCUT2D eigenvalue weighted by Crippen LogP contribution is 2.01. The zero-order chi connectivity index (χ0) is 24.3. The Hall–Kier alpha value is -3.40. The second-order valence-corrected chi connectivity index (χ2v) is 6.47. The average Bonchev–Trinajstić information content (AvgIpc) is 2.62. The van der Waals surface area contributed by atoms with Gasteiger partial charge in [0.25, 0.3) is 0 Å². The van der Waals surface area contributed by atoms with Crippen molar-refractivity contribution in [2.75, 3.05) is 5.75 Å². The number of rotatable bonds is 14. The lowest BCUT2D eigenvalue weighted by Crippen LogP contribution is -2.58. The third-order valence-electron chi connectivity index (χ3n) is 3.55. The molecule has 0 spiro atoms. The molecule has 3 amide bonds. The first-order valence-electron chi connectivity index (χ1n) is 8.44. The van der Waals surface area contributed by atoms with Gasteiger partial charge < -0.3 is 42.1 Å².